The molecular formula is C19H24N2O4. The molecule has 1 fully saturated rings. The highest BCUT2D eigenvalue weighted by Gasteiger charge is 2.38. The minimum Gasteiger partial charge on any atom is -0.496 e. The van der Waals surface area contributed by atoms with Crippen molar-refractivity contribution in [3.63, 3.8) is 0 Å². The summed E-state index contributed by atoms with van der Waals surface area (Å²) < 4.78 is 10.8. The molecule has 0 bridgehead atoms. The van der Waals surface area contributed by atoms with Crippen molar-refractivity contribution < 1.29 is 19.1 Å². The monoisotopic (exact) mass is 344 g/mol. The van der Waals surface area contributed by atoms with Gasteiger partial charge in [-0.15, -0.1) is 0 Å². The summed E-state index contributed by atoms with van der Waals surface area (Å²) in [4.78, 5) is 25.7. The summed E-state index contributed by atoms with van der Waals surface area (Å²) >= 11 is 0. The van der Waals surface area contributed by atoms with Crippen LogP contribution in [0.25, 0.3) is 0 Å². The van der Waals surface area contributed by atoms with Gasteiger partial charge in [0, 0.05) is 24.6 Å². The van der Waals surface area contributed by atoms with E-state index in [4.69, 9.17) is 9.47 Å². The van der Waals surface area contributed by atoms with Crippen LogP contribution in [0.15, 0.2) is 6.07 Å². The van der Waals surface area contributed by atoms with Gasteiger partial charge in [0.25, 0.3) is 0 Å². The summed E-state index contributed by atoms with van der Waals surface area (Å²) in [6.45, 7) is 9.59. The number of nitrogens with zero attached hydrogens (tertiary/aromatic N) is 2. The number of rotatable bonds is 3. The Morgan fingerprint density at radius 2 is 1.92 bits per heavy atom. The molecule has 134 valence electrons. The van der Waals surface area contributed by atoms with E-state index in [1.807, 2.05) is 20.8 Å². The fraction of sp³-hybridized carbons (Fsp3) is 0.526. The van der Waals surface area contributed by atoms with E-state index in [0.29, 0.717) is 35.5 Å². The van der Waals surface area contributed by atoms with Crippen molar-refractivity contribution >= 4 is 11.9 Å². The number of benzene rings is 1. The van der Waals surface area contributed by atoms with Gasteiger partial charge in [-0.2, -0.15) is 5.26 Å². The molecule has 0 N–H and O–H groups in total. The van der Waals surface area contributed by atoms with E-state index >= 15 is 0 Å². The Kier molecular flexibility index (Phi) is 5.07. The molecule has 1 aliphatic heterocycles. The van der Waals surface area contributed by atoms with Crippen LogP contribution < -0.4 is 4.74 Å². The minimum absolute atomic E-state index is 0.0601. The predicted molar refractivity (Wildman–Crippen MR) is 93.0 cm³/mol. The minimum atomic E-state index is -0.553. The molecule has 1 heterocycles. The summed E-state index contributed by atoms with van der Waals surface area (Å²) in [6, 6.07) is 3.90. The van der Waals surface area contributed by atoms with E-state index in [1.54, 1.807) is 17.9 Å². The van der Waals surface area contributed by atoms with Crippen molar-refractivity contribution in [3.05, 3.63) is 28.3 Å². The number of nitriles is 1. The number of likely N-dealkylation sites (tertiary alicyclic amines) is 1. The zero-order chi connectivity index (χ0) is 18.9. The summed E-state index contributed by atoms with van der Waals surface area (Å²) in [6.07, 6.45) is -0.374. The lowest BCUT2D eigenvalue weighted by molar-refractivity contribution is 0.00795. The van der Waals surface area contributed by atoms with E-state index in [-0.39, 0.29) is 17.8 Å². The van der Waals surface area contributed by atoms with Crippen molar-refractivity contribution in [1.29, 1.82) is 5.26 Å². The summed E-state index contributed by atoms with van der Waals surface area (Å²) in [5, 5.41) is 9.55. The van der Waals surface area contributed by atoms with Crippen LogP contribution in [0.2, 0.25) is 0 Å². The zero-order valence-electron chi connectivity index (χ0n) is 15.6. The lowest BCUT2D eigenvalue weighted by atomic mass is 9.84. The molecule has 0 radical (unpaired) electrons. The van der Waals surface area contributed by atoms with E-state index in [2.05, 4.69) is 6.07 Å². The predicted octanol–water partition coefficient (Wildman–Crippen LogP) is 3.41. The van der Waals surface area contributed by atoms with Crippen LogP contribution in [0.4, 0.5) is 4.79 Å². The Balaban J connectivity index is 2.33. The topological polar surface area (TPSA) is 79.6 Å². The molecule has 1 aromatic rings. The number of methoxy groups -OCH3 is 1. The molecule has 2 rings (SSSR count). The van der Waals surface area contributed by atoms with Crippen LogP contribution in [0.5, 0.6) is 5.75 Å². The lowest BCUT2D eigenvalue weighted by Gasteiger charge is -2.41. The van der Waals surface area contributed by atoms with Gasteiger partial charge in [0.15, 0.2) is 5.78 Å². The maximum absolute atomic E-state index is 12.1. The van der Waals surface area contributed by atoms with Crippen LogP contribution >= 0.6 is 0 Å². The molecule has 0 aromatic heterocycles. The molecule has 1 amide bonds. The molecule has 6 heteroatoms. The molecule has 0 spiro atoms. The number of hydrogen-bond donors (Lipinski definition) is 0. The smallest absolute Gasteiger partial charge is 0.410 e. The lowest BCUT2D eigenvalue weighted by Crippen LogP contribution is -2.50. The zero-order valence-corrected chi connectivity index (χ0v) is 15.6. The van der Waals surface area contributed by atoms with Gasteiger partial charge < -0.3 is 14.4 Å². The van der Waals surface area contributed by atoms with Crippen LogP contribution in [-0.4, -0.2) is 42.6 Å². The van der Waals surface area contributed by atoms with Crippen molar-refractivity contribution in [2.24, 2.45) is 0 Å². The molecule has 1 saturated heterocycles. The fourth-order valence-corrected chi connectivity index (χ4v) is 2.98. The van der Waals surface area contributed by atoms with Crippen LogP contribution in [0, 0.1) is 18.3 Å². The third-order valence-electron chi connectivity index (χ3n) is 4.15. The van der Waals surface area contributed by atoms with Crippen LogP contribution in [-0.2, 0) is 4.74 Å². The molecule has 25 heavy (non-hydrogen) atoms. The van der Waals surface area contributed by atoms with Gasteiger partial charge in [0.2, 0.25) is 0 Å². The van der Waals surface area contributed by atoms with E-state index < -0.39 is 5.60 Å². The van der Waals surface area contributed by atoms with Gasteiger partial charge in [0.05, 0.1) is 24.3 Å². The Labute approximate surface area is 148 Å². The Morgan fingerprint density at radius 1 is 1.32 bits per heavy atom. The highest BCUT2D eigenvalue weighted by atomic mass is 16.6. The Hall–Kier alpha value is -2.55. The molecule has 0 unspecified atom stereocenters. The van der Waals surface area contributed by atoms with Gasteiger partial charge in [-0.25, -0.2) is 4.79 Å². The van der Waals surface area contributed by atoms with Crippen molar-refractivity contribution in [1.82, 2.24) is 4.90 Å². The second-order valence-corrected chi connectivity index (χ2v) is 7.31. The third kappa shape index (κ3) is 3.76. The Morgan fingerprint density at radius 3 is 2.36 bits per heavy atom. The molecule has 0 aliphatic carbocycles. The summed E-state index contributed by atoms with van der Waals surface area (Å²) in [7, 11) is 1.49. The van der Waals surface area contributed by atoms with Crippen molar-refractivity contribution in [3.8, 4) is 11.8 Å². The number of Topliss-reactive ketones (excluding diaryl/α,β-unsaturated/α-hetero) is 1. The van der Waals surface area contributed by atoms with Gasteiger partial charge in [-0.3, -0.25) is 4.79 Å². The maximum atomic E-state index is 12.1. The molecule has 0 atom stereocenters. The largest absolute Gasteiger partial charge is 0.496 e. The average Bonchev–Trinajstić information content (AvgIpc) is 2.43. The van der Waals surface area contributed by atoms with Crippen LogP contribution in [0.3, 0.4) is 0 Å². The number of amides is 1. The normalized spacial score (nSPS) is 14.5. The number of ether oxygens (including phenoxy) is 2. The molecule has 6 nitrogen and oxygen atoms in total. The first-order valence-corrected chi connectivity index (χ1v) is 8.19. The first-order valence-electron chi connectivity index (χ1n) is 8.19. The highest BCUT2D eigenvalue weighted by molar-refractivity contribution is 5.98. The van der Waals surface area contributed by atoms with Gasteiger partial charge in [-0.05, 0) is 46.2 Å². The molecule has 1 aromatic carbocycles. The van der Waals surface area contributed by atoms with Crippen molar-refractivity contribution in [2.45, 2.75) is 46.1 Å². The van der Waals surface area contributed by atoms with Crippen LogP contribution in [0.1, 0.15) is 60.7 Å². The van der Waals surface area contributed by atoms with Gasteiger partial charge in [0.1, 0.15) is 11.4 Å². The number of hydrogen-bond acceptors (Lipinski definition) is 5. The standard InChI is InChI=1S/C19H24N2O4/c1-11-7-14(12(2)22)17(24-6)16(15(11)8-20)13-9-21(10-13)18(23)25-19(3,4)5/h7,13H,9-10H2,1-6H3. The average molecular weight is 344 g/mol. The molecule has 0 saturated carbocycles. The summed E-state index contributed by atoms with van der Waals surface area (Å²) in [5.41, 5.74) is 1.86. The van der Waals surface area contributed by atoms with Gasteiger partial charge >= 0.3 is 6.09 Å². The number of carbonyl (C=O) groups is 2. The third-order valence-corrected chi connectivity index (χ3v) is 4.15. The Bertz CT molecular complexity index is 750. The quantitative estimate of drug-likeness (QED) is 0.785. The second-order valence-electron chi connectivity index (χ2n) is 7.31. The second kappa shape index (κ2) is 6.75. The SMILES string of the molecule is COc1c(C(C)=O)cc(C)c(C#N)c1C1CN(C(=O)OC(C)(C)C)C1. The number of aryl methyl sites for hydroxylation is 1. The van der Waals surface area contributed by atoms with Gasteiger partial charge in [-0.1, -0.05) is 0 Å². The molecular weight excluding hydrogens is 320 g/mol. The van der Waals surface area contributed by atoms with Crippen molar-refractivity contribution in [2.75, 3.05) is 20.2 Å². The molecule has 1 aliphatic rings. The summed E-state index contributed by atoms with van der Waals surface area (Å²) in [5.74, 6) is 0.257. The first-order chi connectivity index (χ1) is 11.6. The first kappa shape index (κ1) is 18.8. The number of carbonyl (C=O) groups excluding carboxylic acids is 2. The number of ketones is 1. The van der Waals surface area contributed by atoms with E-state index in [9.17, 15) is 14.9 Å². The maximum Gasteiger partial charge on any atom is 0.410 e. The van der Waals surface area contributed by atoms with E-state index in [0.717, 1.165) is 5.56 Å². The fourth-order valence-electron chi connectivity index (χ4n) is 2.98. The van der Waals surface area contributed by atoms with E-state index in [1.165, 1.54) is 14.0 Å². The highest BCUT2D eigenvalue weighted by Crippen LogP contribution is 2.40.